The zero-order valence-electron chi connectivity index (χ0n) is 10.7. The Bertz CT molecular complexity index is 714. The van der Waals surface area contributed by atoms with Crippen molar-refractivity contribution in [3.63, 3.8) is 0 Å². The van der Waals surface area contributed by atoms with E-state index in [1.165, 1.54) is 4.70 Å². The van der Waals surface area contributed by atoms with Gasteiger partial charge in [-0.15, -0.1) is 11.3 Å². The summed E-state index contributed by atoms with van der Waals surface area (Å²) in [5.41, 5.74) is 8.74. The first-order valence-electron chi connectivity index (χ1n) is 6.20. The normalized spacial score (nSPS) is 10.6. The summed E-state index contributed by atoms with van der Waals surface area (Å²) < 4.78 is 1.21. The van der Waals surface area contributed by atoms with Crippen LogP contribution < -0.4 is 11.1 Å². The van der Waals surface area contributed by atoms with E-state index in [1.807, 2.05) is 18.2 Å². The summed E-state index contributed by atoms with van der Waals surface area (Å²) in [6, 6.07) is 16.5. The standard InChI is InChI=1S/C15H13N3S2/c16-15(19)17-9-10-5-7-11(8-6-10)14-18-12-3-1-2-4-13(12)20-14/h1-8H,9H2,(H3,16,17,19). The van der Waals surface area contributed by atoms with E-state index in [2.05, 4.69) is 40.6 Å². The van der Waals surface area contributed by atoms with Crippen LogP contribution in [0.15, 0.2) is 48.5 Å². The molecule has 5 heteroatoms. The molecule has 0 bridgehead atoms. The summed E-state index contributed by atoms with van der Waals surface area (Å²) in [5, 5.41) is 4.30. The Balaban J connectivity index is 1.85. The molecule has 3 N–H and O–H groups in total. The number of rotatable bonds is 3. The molecule has 100 valence electrons. The second kappa shape index (κ2) is 5.56. The average Bonchev–Trinajstić information content (AvgIpc) is 2.89. The molecule has 0 saturated heterocycles. The van der Waals surface area contributed by atoms with Gasteiger partial charge in [0.1, 0.15) is 5.01 Å². The van der Waals surface area contributed by atoms with Crippen LogP contribution >= 0.6 is 23.6 Å². The van der Waals surface area contributed by atoms with Crippen molar-refractivity contribution in [2.24, 2.45) is 5.73 Å². The first kappa shape index (κ1) is 13.0. The summed E-state index contributed by atoms with van der Waals surface area (Å²) in [7, 11) is 0. The molecule has 0 aliphatic rings. The van der Waals surface area contributed by atoms with Gasteiger partial charge in [-0.3, -0.25) is 0 Å². The van der Waals surface area contributed by atoms with Crippen molar-refractivity contribution in [2.45, 2.75) is 6.54 Å². The summed E-state index contributed by atoms with van der Waals surface area (Å²) in [5.74, 6) is 0. The van der Waals surface area contributed by atoms with Gasteiger partial charge in [-0.2, -0.15) is 0 Å². The van der Waals surface area contributed by atoms with Gasteiger partial charge in [-0.25, -0.2) is 4.98 Å². The number of nitrogens with one attached hydrogen (secondary N) is 1. The van der Waals surface area contributed by atoms with Crippen LogP contribution in [0.25, 0.3) is 20.8 Å². The fourth-order valence-corrected chi connectivity index (χ4v) is 2.99. The van der Waals surface area contributed by atoms with Gasteiger partial charge < -0.3 is 11.1 Å². The molecule has 0 fully saturated rings. The highest BCUT2D eigenvalue weighted by Crippen LogP contribution is 2.29. The van der Waals surface area contributed by atoms with E-state index in [-0.39, 0.29) is 0 Å². The number of hydrogen-bond acceptors (Lipinski definition) is 3. The molecule has 0 spiro atoms. The van der Waals surface area contributed by atoms with E-state index in [0.717, 1.165) is 21.7 Å². The molecule has 0 radical (unpaired) electrons. The Labute approximate surface area is 126 Å². The minimum Gasteiger partial charge on any atom is -0.376 e. The van der Waals surface area contributed by atoms with Gasteiger partial charge >= 0.3 is 0 Å². The van der Waals surface area contributed by atoms with Crippen LogP contribution in [-0.4, -0.2) is 10.1 Å². The fourth-order valence-electron chi connectivity index (χ4n) is 1.95. The van der Waals surface area contributed by atoms with Crippen LogP contribution in [0.4, 0.5) is 0 Å². The van der Waals surface area contributed by atoms with Crippen LogP contribution in [-0.2, 0) is 6.54 Å². The number of nitrogens with zero attached hydrogens (tertiary/aromatic N) is 1. The summed E-state index contributed by atoms with van der Waals surface area (Å²) in [6.45, 7) is 0.648. The topological polar surface area (TPSA) is 50.9 Å². The Kier molecular flexibility index (Phi) is 3.62. The highest BCUT2D eigenvalue weighted by molar-refractivity contribution is 7.80. The van der Waals surface area contributed by atoms with Gasteiger partial charge in [0.2, 0.25) is 0 Å². The van der Waals surface area contributed by atoms with E-state index >= 15 is 0 Å². The number of fused-ring (bicyclic) bond motifs is 1. The minimum absolute atomic E-state index is 0.320. The lowest BCUT2D eigenvalue weighted by molar-refractivity contribution is 0.920. The number of thiazole rings is 1. The molecular weight excluding hydrogens is 286 g/mol. The molecule has 20 heavy (non-hydrogen) atoms. The van der Waals surface area contributed by atoms with Gasteiger partial charge in [-0.1, -0.05) is 36.4 Å². The number of para-hydroxylation sites is 1. The van der Waals surface area contributed by atoms with E-state index in [4.69, 9.17) is 18.0 Å². The van der Waals surface area contributed by atoms with Crippen LogP contribution in [0.2, 0.25) is 0 Å². The largest absolute Gasteiger partial charge is 0.376 e. The number of benzene rings is 2. The van der Waals surface area contributed by atoms with Gasteiger partial charge in [0.25, 0.3) is 0 Å². The molecule has 0 aliphatic carbocycles. The molecule has 3 nitrogen and oxygen atoms in total. The van der Waals surface area contributed by atoms with E-state index in [0.29, 0.717) is 11.7 Å². The molecule has 0 unspecified atom stereocenters. The zero-order valence-corrected chi connectivity index (χ0v) is 12.3. The predicted octanol–water partition coefficient (Wildman–Crippen LogP) is 3.30. The molecule has 0 atom stereocenters. The maximum absolute atomic E-state index is 5.42. The summed E-state index contributed by atoms with van der Waals surface area (Å²) in [6.07, 6.45) is 0. The average molecular weight is 299 g/mol. The number of thiocarbonyl (C=S) groups is 1. The third-order valence-electron chi connectivity index (χ3n) is 2.96. The van der Waals surface area contributed by atoms with Crippen molar-refractivity contribution in [3.8, 4) is 10.6 Å². The fraction of sp³-hybridized carbons (Fsp3) is 0.0667. The second-order valence-corrected chi connectivity index (χ2v) is 5.87. The van der Waals surface area contributed by atoms with Crippen LogP contribution in [0.1, 0.15) is 5.56 Å². The maximum Gasteiger partial charge on any atom is 0.163 e. The molecule has 3 aromatic rings. The first-order chi connectivity index (χ1) is 9.72. The second-order valence-electron chi connectivity index (χ2n) is 4.40. The molecular formula is C15H13N3S2. The lowest BCUT2D eigenvalue weighted by atomic mass is 10.1. The van der Waals surface area contributed by atoms with Crippen LogP contribution in [0.3, 0.4) is 0 Å². The minimum atomic E-state index is 0.320. The highest BCUT2D eigenvalue weighted by Gasteiger charge is 2.05. The van der Waals surface area contributed by atoms with E-state index in [9.17, 15) is 0 Å². The Hall–Kier alpha value is -1.98. The van der Waals surface area contributed by atoms with Gasteiger partial charge in [0, 0.05) is 12.1 Å². The van der Waals surface area contributed by atoms with Gasteiger partial charge in [0.05, 0.1) is 10.2 Å². The molecule has 1 heterocycles. The summed E-state index contributed by atoms with van der Waals surface area (Å²) >= 11 is 6.50. The maximum atomic E-state index is 5.42. The SMILES string of the molecule is NC(=S)NCc1ccc(-c2nc3ccccc3s2)cc1. The first-order valence-corrected chi connectivity index (χ1v) is 7.43. The monoisotopic (exact) mass is 299 g/mol. The third kappa shape index (κ3) is 2.79. The van der Waals surface area contributed by atoms with Crippen LogP contribution in [0.5, 0.6) is 0 Å². The highest BCUT2D eigenvalue weighted by atomic mass is 32.1. The Morgan fingerprint density at radius 3 is 2.60 bits per heavy atom. The van der Waals surface area contributed by atoms with Crippen molar-refractivity contribution in [3.05, 3.63) is 54.1 Å². The molecule has 0 saturated carbocycles. The quantitative estimate of drug-likeness (QED) is 0.729. The Morgan fingerprint density at radius 1 is 1.15 bits per heavy atom. The van der Waals surface area contributed by atoms with Crippen molar-refractivity contribution in [1.82, 2.24) is 10.3 Å². The van der Waals surface area contributed by atoms with Crippen molar-refractivity contribution in [1.29, 1.82) is 0 Å². The van der Waals surface area contributed by atoms with Gasteiger partial charge in [0.15, 0.2) is 5.11 Å². The Morgan fingerprint density at radius 2 is 1.90 bits per heavy atom. The number of nitrogens with two attached hydrogens (primary N) is 1. The predicted molar refractivity (Wildman–Crippen MR) is 88.7 cm³/mol. The van der Waals surface area contributed by atoms with Crippen molar-refractivity contribution >= 4 is 38.9 Å². The third-order valence-corrected chi connectivity index (χ3v) is 4.19. The molecule has 0 amide bonds. The van der Waals surface area contributed by atoms with E-state index < -0.39 is 0 Å². The van der Waals surface area contributed by atoms with Gasteiger partial charge in [-0.05, 0) is 29.9 Å². The van der Waals surface area contributed by atoms with Crippen LogP contribution in [0, 0.1) is 0 Å². The van der Waals surface area contributed by atoms with E-state index in [1.54, 1.807) is 11.3 Å². The van der Waals surface area contributed by atoms with Crippen molar-refractivity contribution < 1.29 is 0 Å². The lowest BCUT2D eigenvalue weighted by Crippen LogP contribution is -2.28. The summed E-state index contributed by atoms with van der Waals surface area (Å²) in [4.78, 5) is 4.65. The molecule has 2 aromatic carbocycles. The molecule has 3 rings (SSSR count). The van der Waals surface area contributed by atoms with Crippen molar-refractivity contribution in [2.75, 3.05) is 0 Å². The molecule has 1 aromatic heterocycles. The number of hydrogen-bond donors (Lipinski definition) is 2. The number of aromatic nitrogens is 1. The lowest BCUT2D eigenvalue weighted by Gasteiger charge is -2.04. The molecule has 0 aliphatic heterocycles. The smallest absolute Gasteiger partial charge is 0.163 e. The zero-order chi connectivity index (χ0) is 13.9.